The van der Waals surface area contributed by atoms with Crippen LogP contribution in [0.2, 0.25) is 0 Å². The summed E-state index contributed by atoms with van der Waals surface area (Å²) in [5.41, 5.74) is 2.18. The van der Waals surface area contributed by atoms with Crippen LogP contribution in [0.25, 0.3) is 11.3 Å². The lowest BCUT2D eigenvalue weighted by molar-refractivity contribution is 0.413. The monoisotopic (exact) mass is 231 g/mol. The number of benzene rings is 1. The first-order chi connectivity index (χ1) is 8.24. The fourth-order valence-corrected chi connectivity index (χ4v) is 1.81. The van der Waals surface area contributed by atoms with E-state index in [0.29, 0.717) is 0 Å². The zero-order valence-corrected chi connectivity index (χ0v) is 10.4. The largest absolute Gasteiger partial charge is 0.496 e. The van der Waals surface area contributed by atoms with Crippen molar-refractivity contribution in [2.75, 3.05) is 14.2 Å². The quantitative estimate of drug-likeness (QED) is 0.878. The molecule has 3 heteroatoms. The van der Waals surface area contributed by atoms with Gasteiger partial charge in [-0.05, 0) is 38.2 Å². The van der Waals surface area contributed by atoms with Gasteiger partial charge < -0.3 is 14.5 Å². The Morgan fingerprint density at radius 3 is 2.76 bits per heavy atom. The lowest BCUT2D eigenvalue weighted by Crippen LogP contribution is -2.03. The van der Waals surface area contributed by atoms with E-state index in [0.717, 1.165) is 29.4 Å². The molecule has 0 unspecified atom stereocenters. The van der Waals surface area contributed by atoms with Crippen LogP contribution in [0.1, 0.15) is 11.3 Å². The summed E-state index contributed by atoms with van der Waals surface area (Å²) < 4.78 is 11.1. The molecule has 2 rings (SSSR count). The Labute approximate surface area is 101 Å². The van der Waals surface area contributed by atoms with Crippen molar-refractivity contribution in [2.45, 2.75) is 13.5 Å². The van der Waals surface area contributed by atoms with Gasteiger partial charge in [0.25, 0.3) is 0 Å². The van der Waals surface area contributed by atoms with Crippen LogP contribution in [0.5, 0.6) is 5.75 Å². The Bertz CT molecular complexity index is 503. The second-order valence-electron chi connectivity index (χ2n) is 4.00. The number of hydrogen-bond acceptors (Lipinski definition) is 3. The van der Waals surface area contributed by atoms with E-state index in [1.807, 2.05) is 31.3 Å². The zero-order chi connectivity index (χ0) is 12.3. The molecule has 0 amide bonds. The predicted molar refractivity (Wildman–Crippen MR) is 68.2 cm³/mol. The maximum Gasteiger partial charge on any atom is 0.138 e. The molecule has 1 N–H and O–H groups in total. The van der Waals surface area contributed by atoms with Gasteiger partial charge in [0, 0.05) is 0 Å². The van der Waals surface area contributed by atoms with Gasteiger partial charge in [0.2, 0.25) is 0 Å². The van der Waals surface area contributed by atoms with E-state index in [-0.39, 0.29) is 0 Å². The molecule has 0 radical (unpaired) electrons. The van der Waals surface area contributed by atoms with E-state index < -0.39 is 0 Å². The SMILES string of the molecule is CNCc1ccc(-c2cc(C)ccc2OC)o1. The summed E-state index contributed by atoms with van der Waals surface area (Å²) in [6.07, 6.45) is 0. The molecule has 3 nitrogen and oxygen atoms in total. The minimum atomic E-state index is 0.730. The lowest BCUT2D eigenvalue weighted by Gasteiger charge is -2.07. The average Bonchev–Trinajstić information content (AvgIpc) is 2.78. The van der Waals surface area contributed by atoms with Crippen molar-refractivity contribution in [3.8, 4) is 17.1 Å². The first-order valence-electron chi connectivity index (χ1n) is 5.63. The summed E-state index contributed by atoms with van der Waals surface area (Å²) >= 11 is 0. The van der Waals surface area contributed by atoms with Crippen LogP contribution >= 0.6 is 0 Å². The summed E-state index contributed by atoms with van der Waals surface area (Å²) in [6.45, 7) is 2.79. The molecule has 0 saturated heterocycles. The molecule has 1 heterocycles. The van der Waals surface area contributed by atoms with Crippen LogP contribution in [0.15, 0.2) is 34.7 Å². The molecule has 0 saturated carbocycles. The molecule has 0 aliphatic carbocycles. The van der Waals surface area contributed by atoms with Crippen molar-refractivity contribution in [3.63, 3.8) is 0 Å². The van der Waals surface area contributed by atoms with Gasteiger partial charge in [-0.3, -0.25) is 0 Å². The molecule has 0 spiro atoms. The molecule has 90 valence electrons. The van der Waals surface area contributed by atoms with Gasteiger partial charge in [-0.25, -0.2) is 0 Å². The number of methoxy groups -OCH3 is 1. The maximum atomic E-state index is 5.77. The highest BCUT2D eigenvalue weighted by molar-refractivity contribution is 5.66. The first kappa shape index (κ1) is 11.7. The van der Waals surface area contributed by atoms with Crippen LogP contribution in [-0.2, 0) is 6.54 Å². The second kappa shape index (κ2) is 5.06. The topological polar surface area (TPSA) is 34.4 Å². The molecule has 0 bridgehead atoms. The van der Waals surface area contributed by atoms with Gasteiger partial charge in [-0.15, -0.1) is 0 Å². The first-order valence-corrected chi connectivity index (χ1v) is 5.63. The highest BCUT2D eigenvalue weighted by Gasteiger charge is 2.10. The molecular formula is C14H17NO2. The Balaban J connectivity index is 2.40. The third-order valence-corrected chi connectivity index (χ3v) is 2.63. The van der Waals surface area contributed by atoms with Crippen molar-refractivity contribution >= 4 is 0 Å². The molecule has 1 aromatic carbocycles. The molecule has 17 heavy (non-hydrogen) atoms. The zero-order valence-electron chi connectivity index (χ0n) is 10.4. The van der Waals surface area contributed by atoms with Crippen LogP contribution in [0.4, 0.5) is 0 Å². The summed E-state index contributed by atoms with van der Waals surface area (Å²) in [6, 6.07) is 10.0. The van der Waals surface area contributed by atoms with Crippen molar-refractivity contribution in [1.29, 1.82) is 0 Å². The Morgan fingerprint density at radius 1 is 1.24 bits per heavy atom. The fourth-order valence-electron chi connectivity index (χ4n) is 1.81. The van der Waals surface area contributed by atoms with Crippen LogP contribution in [-0.4, -0.2) is 14.2 Å². The molecule has 0 aliphatic rings. The van der Waals surface area contributed by atoms with Gasteiger partial charge >= 0.3 is 0 Å². The van der Waals surface area contributed by atoms with Crippen molar-refractivity contribution in [2.24, 2.45) is 0 Å². The van der Waals surface area contributed by atoms with E-state index in [1.54, 1.807) is 7.11 Å². The van der Waals surface area contributed by atoms with Gasteiger partial charge in [-0.2, -0.15) is 0 Å². The van der Waals surface area contributed by atoms with E-state index in [9.17, 15) is 0 Å². The highest BCUT2D eigenvalue weighted by atomic mass is 16.5. The summed E-state index contributed by atoms with van der Waals surface area (Å²) in [4.78, 5) is 0. The summed E-state index contributed by atoms with van der Waals surface area (Å²) in [5.74, 6) is 2.60. The fraction of sp³-hybridized carbons (Fsp3) is 0.286. The Kier molecular flexibility index (Phi) is 3.49. The van der Waals surface area contributed by atoms with E-state index in [2.05, 4.69) is 18.3 Å². The normalized spacial score (nSPS) is 10.5. The third-order valence-electron chi connectivity index (χ3n) is 2.63. The van der Waals surface area contributed by atoms with Gasteiger partial charge in [0.15, 0.2) is 0 Å². The van der Waals surface area contributed by atoms with Crippen LogP contribution < -0.4 is 10.1 Å². The minimum Gasteiger partial charge on any atom is -0.496 e. The van der Waals surface area contributed by atoms with Gasteiger partial charge in [0.1, 0.15) is 17.3 Å². The lowest BCUT2D eigenvalue weighted by atomic mass is 10.1. The molecular weight excluding hydrogens is 214 g/mol. The van der Waals surface area contributed by atoms with Gasteiger partial charge in [-0.1, -0.05) is 11.6 Å². The number of furan rings is 1. The number of ether oxygens (including phenoxy) is 1. The van der Waals surface area contributed by atoms with E-state index in [1.165, 1.54) is 5.56 Å². The standard InChI is InChI=1S/C14H17NO2/c1-10-4-6-13(16-3)12(8-10)14-7-5-11(17-14)9-15-2/h4-8,15H,9H2,1-3H3. The highest BCUT2D eigenvalue weighted by Crippen LogP contribution is 2.32. The Morgan fingerprint density at radius 2 is 2.06 bits per heavy atom. The van der Waals surface area contributed by atoms with Gasteiger partial charge in [0.05, 0.1) is 19.2 Å². The molecule has 0 atom stereocenters. The van der Waals surface area contributed by atoms with Crippen LogP contribution in [0, 0.1) is 6.92 Å². The smallest absolute Gasteiger partial charge is 0.138 e. The summed E-state index contributed by atoms with van der Waals surface area (Å²) in [7, 11) is 3.57. The van der Waals surface area contributed by atoms with Crippen molar-refractivity contribution in [3.05, 3.63) is 41.7 Å². The van der Waals surface area contributed by atoms with Crippen LogP contribution in [0.3, 0.4) is 0 Å². The second-order valence-corrected chi connectivity index (χ2v) is 4.00. The number of aryl methyl sites for hydroxylation is 1. The molecule has 0 aliphatic heterocycles. The predicted octanol–water partition coefficient (Wildman–Crippen LogP) is 2.98. The minimum absolute atomic E-state index is 0.730. The summed E-state index contributed by atoms with van der Waals surface area (Å²) in [5, 5.41) is 3.06. The van der Waals surface area contributed by atoms with E-state index in [4.69, 9.17) is 9.15 Å². The van der Waals surface area contributed by atoms with Crippen molar-refractivity contribution < 1.29 is 9.15 Å². The van der Waals surface area contributed by atoms with Crippen molar-refractivity contribution in [1.82, 2.24) is 5.32 Å². The maximum absolute atomic E-state index is 5.77. The number of rotatable bonds is 4. The molecule has 1 aromatic heterocycles. The average molecular weight is 231 g/mol. The Hall–Kier alpha value is -1.74. The number of hydrogen-bond donors (Lipinski definition) is 1. The number of nitrogens with one attached hydrogen (secondary N) is 1. The van der Waals surface area contributed by atoms with E-state index >= 15 is 0 Å². The molecule has 2 aromatic rings. The third kappa shape index (κ3) is 2.50. The molecule has 0 fully saturated rings.